The summed E-state index contributed by atoms with van der Waals surface area (Å²) in [7, 11) is 8.54. The summed E-state index contributed by atoms with van der Waals surface area (Å²) in [5.74, 6) is 2.49. The highest BCUT2D eigenvalue weighted by molar-refractivity contribution is 8.38. The van der Waals surface area contributed by atoms with Crippen molar-refractivity contribution in [2.45, 2.75) is 87.4 Å². The fraction of sp³-hybridized carbons (Fsp3) is 0.304. The monoisotopic (exact) mass is 1430 g/mol. The van der Waals surface area contributed by atoms with Crippen molar-refractivity contribution in [2.75, 3.05) is 58.2 Å². The third-order valence-corrected chi connectivity index (χ3v) is 25.9. The molecule has 0 spiro atoms. The van der Waals surface area contributed by atoms with Gasteiger partial charge in [-0.3, -0.25) is 0 Å². The summed E-state index contributed by atoms with van der Waals surface area (Å²) in [6.45, 7) is 20.9. The molecule has 2 aliphatic heterocycles. The van der Waals surface area contributed by atoms with Crippen LogP contribution < -0.4 is 22.8 Å². The smallest absolute Gasteiger partial charge is 0.269 e. The molecule has 0 radical (unpaired) electrons. The number of para-hydroxylation sites is 1. The normalized spacial score (nSPS) is 12.5. The zero-order valence-corrected chi connectivity index (χ0v) is 64.4. The molecule has 0 saturated heterocycles. The topological polar surface area (TPSA) is 65.9 Å². The molecule has 0 saturated carbocycles. The van der Waals surface area contributed by atoms with Gasteiger partial charge in [-0.05, 0) is 85.1 Å². The van der Waals surface area contributed by atoms with Crippen molar-refractivity contribution in [3.8, 4) is 21.7 Å². The van der Waals surface area contributed by atoms with E-state index in [-0.39, 0.29) is 13.2 Å². The number of aryl methyl sites for hydroxylation is 6. The van der Waals surface area contributed by atoms with E-state index in [0.717, 1.165) is 38.9 Å². The van der Waals surface area contributed by atoms with E-state index in [4.69, 9.17) is 10.2 Å². The van der Waals surface area contributed by atoms with E-state index in [9.17, 15) is 0 Å². The molecule has 5 aromatic heterocycles. The Morgan fingerprint density at radius 2 is 1.05 bits per heavy atom. The van der Waals surface area contributed by atoms with Gasteiger partial charge in [0.2, 0.25) is 47.8 Å². The molecule has 7 heterocycles. The Balaban J connectivity index is 0.000000145. The van der Waals surface area contributed by atoms with E-state index in [0.29, 0.717) is 0 Å². The van der Waals surface area contributed by atoms with Crippen LogP contribution in [-0.4, -0.2) is 86.9 Å². The van der Waals surface area contributed by atoms with Gasteiger partial charge in [0.1, 0.15) is 55.6 Å². The number of thioether (sulfide) groups is 3. The van der Waals surface area contributed by atoms with Crippen molar-refractivity contribution in [2.24, 2.45) is 14.1 Å². The molecule has 2 N–H and O–H groups in total. The minimum Gasteiger partial charge on any atom is -0.396 e. The second kappa shape index (κ2) is 39.2. The molecule has 0 unspecified atom stereocenters. The lowest BCUT2D eigenvalue weighted by atomic mass is 10.1. The summed E-state index contributed by atoms with van der Waals surface area (Å²) in [5.41, 5.74) is 16.1. The highest BCUT2D eigenvalue weighted by atomic mass is 32.2. The Kier molecular flexibility index (Phi) is 30.7. The molecule has 17 heteroatoms. The van der Waals surface area contributed by atoms with E-state index in [1.807, 2.05) is 75.4 Å². The number of hydrogen-bond donors (Lipinski definition) is 2. The minimum atomic E-state index is 0.229. The van der Waals surface area contributed by atoms with Crippen LogP contribution in [0.15, 0.2) is 205 Å². The SMILES string of the molecule is CC[n+]1c(C)sc(-c2ccccc2)c1-c1ccccc1.CC[n+]1csc(CCO)c1C.CSC1=[N+](C)CCS1.C[N+]1=C(/C=C\Cc2ccccc2)SCC1.Cc1c(CCO)sc[n+]1Cc1ccccc1.Cc1sc2ccc3ccccc3c2[n+]1C.Cc1sc2ccccc2[n+]1C. The van der Waals surface area contributed by atoms with Gasteiger partial charge in [-0.2, -0.15) is 22.8 Å². The van der Waals surface area contributed by atoms with E-state index in [2.05, 4.69) is 314 Å². The van der Waals surface area contributed by atoms with Crippen LogP contribution in [-0.2, 0) is 53.0 Å². The van der Waals surface area contributed by atoms with Gasteiger partial charge in [-0.1, -0.05) is 232 Å². The molecule has 0 atom stereocenters. The lowest BCUT2D eigenvalue weighted by molar-refractivity contribution is -0.694. The first kappa shape index (κ1) is 75.3. The molecule has 96 heavy (non-hydrogen) atoms. The molecule has 7 aromatic carbocycles. The Morgan fingerprint density at radius 3 is 1.61 bits per heavy atom. The molecule has 500 valence electrons. The van der Waals surface area contributed by atoms with Crippen LogP contribution in [0.1, 0.15) is 61.1 Å². The van der Waals surface area contributed by atoms with Gasteiger partial charge < -0.3 is 10.2 Å². The summed E-state index contributed by atoms with van der Waals surface area (Å²) in [4.78, 5) is 3.93. The lowest BCUT2D eigenvalue weighted by Crippen LogP contribution is -2.35. The average molecular weight is 1430 g/mol. The highest BCUT2D eigenvalue weighted by Crippen LogP contribution is 2.35. The number of benzene rings is 7. The summed E-state index contributed by atoms with van der Waals surface area (Å²) in [6, 6.07) is 63.8. The molecular formula is C79H96N7O2S8+7. The number of rotatable bonds is 13. The van der Waals surface area contributed by atoms with E-state index in [1.54, 1.807) is 22.7 Å². The zero-order valence-electron chi connectivity index (χ0n) is 57.9. The largest absolute Gasteiger partial charge is 0.396 e. The van der Waals surface area contributed by atoms with Gasteiger partial charge in [-0.15, -0.1) is 0 Å². The first-order valence-electron chi connectivity index (χ1n) is 32.8. The fourth-order valence-electron chi connectivity index (χ4n) is 11.0. The number of aliphatic hydroxyl groups is 2. The molecule has 0 aliphatic carbocycles. The molecule has 0 fully saturated rings. The Hall–Kier alpha value is -6.48. The zero-order chi connectivity index (χ0) is 68.3. The predicted molar refractivity (Wildman–Crippen MR) is 420 cm³/mol. The molecule has 9 nitrogen and oxygen atoms in total. The average Bonchev–Trinajstić information content (AvgIpc) is 1.64. The molecular weight excluding hydrogens is 1340 g/mol. The predicted octanol–water partition coefficient (Wildman–Crippen LogP) is 16.4. The van der Waals surface area contributed by atoms with Crippen LogP contribution in [0.25, 0.3) is 52.9 Å². The van der Waals surface area contributed by atoms with Crippen LogP contribution in [0.3, 0.4) is 0 Å². The third kappa shape index (κ3) is 21.0. The lowest BCUT2D eigenvalue weighted by Gasteiger charge is -2.02. The van der Waals surface area contributed by atoms with Gasteiger partial charge in [-0.25, -0.2) is 9.15 Å². The minimum absolute atomic E-state index is 0.229. The van der Waals surface area contributed by atoms with Crippen molar-refractivity contribution in [1.82, 2.24) is 0 Å². The van der Waals surface area contributed by atoms with Crippen molar-refractivity contribution in [3.05, 3.63) is 252 Å². The molecule has 14 rings (SSSR count). The van der Waals surface area contributed by atoms with Crippen LogP contribution in [0.5, 0.6) is 0 Å². The number of allylic oxidation sites excluding steroid dienone is 1. The second-order valence-corrected chi connectivity index (χ2v) is 31.8. The third-order valence-electron chi connectivity index (χ3n) is 16.6. The summed E-state index contributed by atoms with van der Waals surface area (Å²) in [6.07, 6.45) is 9.20. The molecule has 0 amide bonds. The van der Waals surface area contributed by atoms with Gasteiger partial charge in [0.05, 0.1) is 26.6 Å². The van der Waals surface area contributed by atoms with Crippen molar-refractivity contribution < 1.29 is 42.2 Å². The molecule has 2 aliphatic rings. The number of hydrogen-bond acceptors (Lipinski definition) is 10. The van der Waals surface area contributed by atoms with E-state index >= 15 is 0 Å². The Bertz CT molecular complexity index is 4460. The summed E-state index contributed by atoms with van der Waals surface area (Å²) >= 11 is 14.8. The van der Waals surface area contributed by atoms with Crippen LogP contribution in [0, 0.1) is 34.6 Å². The van der Waals surface area contributed by atoms with E-state index in [1.165, 1.54) is 134 Å². The van der Waals surface area contributed by atoms with Gasteiger partial charge in [0.25, 0.3) is 4.38 Å². The standard InChI is InChI=1S/C18H18NS.C13H16NOS.C13H12NS.C13H16NS.C9H10NS.C8H14NOS.C5H10NS2/c1-3-19-14(2)20-18(16-12-8-5-9-13-16)17(19)15-10-6-4-7-11-15;1-11-13(7-8-15)16-10-14(11)9-12-5-3-2-4-6-12;1-9-14(2)13-11-6-4-3-5-10(11)7-8-12(13)15-9;1-14-10-11-15-13(14)9-5-8-12-6-3-2-4-7-12;1-7-10(2)8-5-3-4-6-9(8)11-7;1-3-9-6-11-8(4-5-10)7(9)2;1-6-3-4-8-5(6)7-2/h4-13H,3H2,1-2H3;2-6,10,15H,7-9H2,1H3;3-8H,1-2H3;2-7,9H,8,10-11H2,1H3;3-6H,1-2H3;6,10H,3-5H2,1-2H3;3-4H2,1-2H3/q7*+1/b;;;9-5-;;;. The maximum absolute atomic E-state index is 8.94. The van der Waals surface area contributed by atoms with E-state index < -0.39 is 0 Å². The maximum atomic E-state index is 8.94. The quantitative estimate of drug-likeness (QED) is 0.113. The maximum Gasteiger partial charge on any atom is 0.269 e. The highest BCUT2D eigenvalue weighted by Gasteiger charge is 2.26. The van der Waals surface area contributed by atoms with Crippen molar-refractivity contribution in [1.29, 1.82) is 0 Å². The summed E-state index contributed by atoms with van der Waals surface area (Å²) in [5, 5.41) is 25.8. The first-order valence-corrected chi connectivity index (χ1v) is 40.2. The number of aromatic nitrogens is 5. The number of aliphatic hydroxyl groups excluding tert-OH is 2. The Labute approximate surface area is 603 Å². The summed E-state index contributed by atoms with van der Waals surface area (Å²) < 4.78 is 20.2. The Morgan fingerprint density at radius 1 is 0.510 bits per heavy atom. The molecule has 0 bridgehead atoms. The van der Waals surface area contributed by atoms with Crippen LogP contribution >= 0.6 is 92.0 Å². The van der Waals surface area contributed by atoms with Crippen LogP contribution in [0.4, 0.5) is 0 Å². The van der Waals surface area contributed by atoms with Gasteiger partial charge in [0.15, 0.2) is 31.0 Å². The second-order valence-electron chi connectivity index (χ2n) is 23.0. The van der Waals surface area contributed by atoms with Gasteiger partial charge >= 0.3 is 0 Å². The fourth-order valence-corrected chi connectivity index (χ4v) is 19.3. The van der Waals surface area contributed by atoms with Crippen molar-refractivity contribution >= 4 is 133 Å². The number of fused-ring (bicyclic) bond motifs is 4. The van der Waals surface area contributed by atoms with Crippen molar-refractivity contribution in [3.63, 3.8) is 0 Å². The number of thiazole rings is 5. The number of nitrogens with zero attached hydrogens (tertiary/aromatic N) is 7. The van der Waals surface area contributed by atoms with Crippen LogP contribution in [0.2, 0.25) is 0 Å². The first-order chi connectivity index (χ1) is 46.7. The molecule has 12 aromatic rings. The van der Waals surface area contributed by atoms with Gasteiger partial charge in [0, 0.05) is 83.9 Å².